The number of rotatable bonds is 22. The Labute approximate surface area is 509 Å². The molecular formula is C61H71FN10O17. The third-order valence-electron chi connectivity index (χ3n) is 15.1. The van der Waals surface area contributed by atoms with Gasteiger partial charge >= 0.3 is 18.0 Å². The molecular weight excluding hydrogens is 1160 g/mol. The van der Waals surface area contributed by atoms with Crippen molar-refractivity contribution >= 4 is 76.2 Å². The third kappa shape index (κ3) is 14.9. The Kier molecular flexibility index (Phi) is 19.5. The number of nitrogens with zero attached hydrogens (tertiary/aromatic N) is 4. The molecule has 2 aromatic heterocycles. The predicted octanol–water partition coefficient (Wildman–Crippen LogP) is 1.06. The minimum Gasteiger partial charge on any atom is -0.459 e. The van der Waals surface area contributed by atoms with Crippen LogP contribution < -0.4 is 37.5 Å². The van der Waals surface area contributed by atoms with Crippen LogP contribution in [0.15, 0.2) is 59.4 Å². The Morgan fingerprint density at radius 2 is 1.47 bits per heavy atom. The van der Waals surface area contributed by atoms with E-state index in [1.165, 1.54) is 17.6 Å². The molecule has 474 valence electrons. The molecule has 4 aromatic rings. The summed E-state index contributed by atoms with van der Waals surface area (Å²) in [6, 6.07) is 7.59. The Morgan fingerprint density at radius 3 is 2.12 bits per heavy atom. The third-order valence-corrected chi connectivity index (χ3v) is 15.1. The second kappa shape index (κ2) is 26.5. The van der Waals surface area contributed by atoms with Gasteiger partial charge in [0.25, 0.3) is 17.4 Å². The van der Waals surface area contributed by atoms with Gasteiger partial charge in [-0.25, -0.2) is 19.0 Å². The molecule has 5 heterocycles. The van der Waals surface area contributed by atoms with E-state index in [1.807, 2.05) is 0 Å². The van der Waals surface area contributed by atoms with Crippen LogP contribution >= 0.6 is 0 Å². The maximum atomic E-state index is 15.5. The van der Waals surface area contributed by atoms with E-state index in [4.69, 9.17) is 23.9 Å². The molecule has 0 radical (unpaired) electrons. The quantitative estimate of drug-likeness (QED) is 0.0220. The zero-order chi connectivity index (χ0) is 65.0. The lowest BCUT2D eigenvalue weighted by Crippen LogP contribution is -2.57. The first-order valence-electron chi connectivity index (χ1n) is 28.8. The number of hydrogen-bond donors (Lipinski definition) is 7. The number of aliphatic hydroxyl groups is 1. The summed E-state index contributed by atoms with van der Waals surface area (Å²) in [5, 5.41) is 27.1. The molecule has 27 nitrogen and oxygen atoms in total. The van der Waals surface area contributed by atoms with Gasteiger partial charge in [0, 0.05) is 41.2 Å². The van der Waals surface area contributed by atoms with Gasteiger partial charge < -0.3 is 60.5 Å². The number of esters is 2. The summed E-state index contributed by atoms with van der Waals surface area (Å²) in [6.07, 6.45) is 0.105. The molecule has 28 heteroatoms. The number of benzene rings is 2. The molecule has 2 aromatic carbocycles. The van der Waals surface area contributed by atoms with Crippen molar-refractivity contribution in [2.24, 2.45) is 0 Å². The molecule has 0 saturated heterocycles. The summed E-state index contributed by atoms with van der Waals surface area (Å²) in [5.41, 5.74) is -0.565. The molecule has 9 amide bonds. The maximum absolute atomic E-state index is 15.5. The van der Waals surface area contributed by atoms with E-state index in [-0.39, 0.29) is 42.6 Å². The summed E-state index contributed by atoms with van der Waals surface area (Å²) in [4.78, 5) is 166. The number of carbonyl (C=O) groups excluding carboxylic acids is 11. The highest BCUT2D eigenvalue weighted by atomic mass is 19.1. The Bertz CT molecular complexity index is 3650. The number of ether oxygens (including phenoxy) is 4. The largest absolute Gasteiger partial charge is 0.459 e. The minimum atomic E-state index is -2.08. The monoisotopic (exact) mass is 1230 g/mol. The molecule has 8 rings (SSSR count). The minimum absolute atomic E-state index is 0.0197. The van der Waals surface area contributed by atoms with Crippen molar-refractivity contribution < 1.29 is 81.2 Å². The fourth-order valence-corrected chi connectivity index (χ4v) is 10.8. The molecule has 0 bridgehead atoms. The molecule has 0 saturated carbocycles. The van der Waals surface area contributed by atoms with Gasteiger partial charge in [-0.15, -0.1) is 0 Å². The van der Waals surface area contributed by atoms with E-state index in [1.54, 1.807) is 91.8 Å². The fraction of sp³-hybridized carbons (Fsp3) is 0.459. The molecule has 0 spiro atoms. The van der Waals surface area contributed by atoms with Crippen molar-refractivity contribution in [1.29, 1.82) is 0 Å². The molecule has 4 aliphatic rings. The van der Waals surface area contributed by atoms with Crippen LogP contribution in [0.1, 0.15) is 113 Å². The van der Waals surface area contributed by atoms with E-state index in [9.17, 15) is 62.6 Å². The molecule has 2 unspecified atom stereocenters. The number of aryl methyl sites for hydroxylation is 1. The van der Waals surface area contributed by atoms with Crippen LogP contribution in [-0.4, -0.2) is 159 Å². The first kappa shape index (κ1) is 65.5. The average Bonchev–Trinajstić information content (AvgIpc) is 1.64. The van der Waals surface area contributed by atoms with E-state index in [0.717, 1.165) is 17.1 Å². The summed E-state index contributed by atoms with van der Waals surface area (Å²) in [7, 11) is 0. The van der Waals surface area contributed by atoms with Gasteiger partial charge in [0.15, 0.2) is 5.60 Å². The Morgan fingerprint density at radius 1 is 0.831 bits per heavy atom. The van der Waals surface area contributed by atoms with Gasteiger partial charge in [-0.2, -0.15) is 0 Å². The summed E-state index contributed by atoms with van der Waals surface area (Å²) in [5.74, 6) is -9.13. The molecule has 7 N–H and O–H groups in total. The topological polar surface area (TPSA) is 358 Å². The van der Waals surface area contributed by atoms with Gasteiger partial charge in [-0.05, 0) is 103 Å². The number of carbonyl (C=O) groups is 11. The molecule has 1 aliphatic carbocycles. The van der Waals surface area contributed by atoms with Crippen molar-refractivity contribution in [3.8, 4) is 11.4 Å². The number of amides is 9. The highest BCUT2D eigenvalue weighted by Crippen LogP contribution is 2.46. The van der Waals surface area contributed by atoms with E-state index in [2.05, 4.69) is 31.9 Å². The number of pyridine rings is 2. The Hall–Kier alpha value is -9.44. The number of imide groups is 1. The number of cyclic esters (lactones) is 1. The maximum Gasteiger partial charge on any atom is 0.410 e. The number of fused-ring (bicyclic) bond motifs is 5. The standard InChI is InChI=1S/C61H71FN10O17/c1-10-61(85)37-21-42-52-35(26-71(42)56(82)36(37)29-86-57(61)83)51-39(17-16-34-31(2)38(62)22-40(68-52)50(34)51)69-53(79)32(3)87-30-66-45(74)24-64-54(80)41(20-33-14-12-11-13-15-33)67-46(75)25-63-44(73)23-65-55(81)43(72-47(76)18-19-48(72)77)27-70(58(84)89-60(7,8)9)28-49(78)88-59(4,5)6/h11-15,18-19,21-22,32,39,41,43,85H,10,16-17,20,23-30H2,1-9H3,(H,63,73)(H,64,80)(H,65,81)(H,66,74)(H,67,75)(H,69,79)/t32?,39-,41-,43?,61-/m0/s1. The van der Waals surface area contributed by atoms with Crippen LogP contribution in [0.3, 0.4) is 0 Å². The average molecular weight is 1240 g/mol. The van der Waals surface area contributed by atoms with Crippen molar-refractivity contribution in [3.05, 3.63) is 110 Å². The van der Waals surface area contributed by atoms with Crippen molar-refractivity contribution in [2.45, 2.75) is 142 Å². The molecule has 0 fully saturated rings. The first-order valence-corrected chi connectivity index (χ1v) is 28.8. The van der Waals surface area contributed by atoms with E-state index >= 15 is 4.39 Å². The first-order chi connectivity index (χ1) is 41.9. The molecule has 5 atom stereocenters. The van der Waals surface area contributed by atoms with E-state index in [0.29, 0.717) is 62.3 Å². The van der Waals surface area contributed by atoms with Gasteiger partial charge in [-0.1, -0.05) is 37.3 Å². The van der Waals surface area contributed by atoms with Crippen molar-refractivity contribution in [3.63, 3.8) is 0 Å². The van der Waals surface area contributed by atoms with Gasteiger partial charge in [0.05, 0.1) is 61.2 Å². The van der Waals surface area contributed by atoms with Crippen LogP contribution in [-0.2, 0) is 98.5 Å². The highest BCUT2D eigenvalue weighted by molar-refractivity contribution is 6.15. The lowest BCUT2D eigenvalue weighted by molar-refractivity contribution is -0.172. The lowest BCUT2D eigenvalue weighted by Gasteiger charge is -2.32. The van der Waals surface area contributed by atoms with Crippen molar-refractivity contribution in [2.75, 3.05) is 39.5 Å². The number of nitrogens with one attached hydrogen (secondary N) is 6. The lowest BCUT2D eigenvalue weighted by atomic mass is 9.81. The van der Waals surface area contributed by atoms with Crippen LogP contribution in [0.2, 0.25) is 0 Å². The second-order valence-corrected chi connectivity index (χ2v) is 23.8. The SMILES string of the molecule is CC[C@@]1(O)C(=O)OCc2c1cc1n(c2=O)Cc2c-1nc1cc(F)c(C)c3c1c2[C@@H](NC(=O)C(C)OCNC(=O)CNC(=O)[C@H](Cc1ccccc1)NC(=O)CNC(=O)CNC(=O)C(CN(CC(=O)OC(C)(C)C)C(=O)OC(C)(C)C)N1C(=O)C=CC1=O)CC3. The number of hydrogen-bond acceptors (Lipinski definition) is 18. The normalized spacial score (nSPS) is 17.4. The molecule has 89 heavy (non-hydrogen) atoms. The summed E-state index contributed by atoms with van der Waals surface area (Å²) < 4.78 is 38.7. The van der Waals surface area contributed by atoms with Gasteiger partial charge in [0.2, 0.25) is 35.4 Å². The zero-order valence-corrected chi connectivity index (χ0v) is 50.6. The summed E-state index contributed by atoms with van der Waals surface area (Å²) >= 11 is 0. The van der Waals surface area contributed by atoms with Crippen molar-refractivity contribution in [1.82, 2.24) is 51.3 Å². The smallest absolute Gasteiger partial charge is 0.410 e. The second-order valence-electron chi connectivity index (χ2n) is 23.8. The highest BCUT2D eigenvalue weighted by Gasteiger charge is 2.46. The zero-order valence-electron chi connectivity index (χ0n) is 50.6. The van der Waals surface area contributed by atoms with Crippen LogP contribution in [0.4, 0.5) is 9.18 Å². The van der Waals surface area contributed by atoms with Crippen LogP contribution in [0, 0.1) is 12.7 Å². The predicted molar refractivity (Wildman–Crippen MR) is 312 cm³/mol. The number of aromatic nitrogens is 2. The molecule has 3 aliphatic heterocycles. The van der Waals surface area contributed by atoms with E-state index < -0.39 is 157 Å². The Balaban J connectivity index is 0.851. The van der Waals surface area contributed by atoms with Crippen LogP contribution in [0.5, 0.6) is 0 Å². The van der Waals surface area contributed by atoms with Crippen LogP contribution in [0.25, 0.3) is 22.3 Å². The summed E-state index contributed by atoms with van der Waals surface area (Å²) in [6.45, 7) is 9.67. The van der Waals surface area contributed by atoms with Gasteiger partial charge in [-0.3, -0.25) is 57.7 Å². The van der Waals surface area contributed by atoms with Gasteiger partial charge in [0.1, 0.15) is 55.1 Å². The number of halogens is 1. The fourth-order valence-electron chi connectivity index (χ4n) is 10.8.